The summed E-state index contributed by atoms with van der Waals surface area (Å²) in [6, 6.07) is 0. The summed E-state index contributed by atoms with van der Waals surface area (Å²) >= 11 is 3.49. The molecule has 1 heteroatoms. The monoisotopic (exact) mass is 224 g/mol. The van der Waals surface area contributed by atoms with E-state index in [1.165, 1.54) is 15.6 Å². The molecule has 0 N–H and O–H groups in total. The van der Waals surface area contributed by atoms with Crippen molar-refractivity contribution in [2.24, 2.45) is 0 Å². The molecule has 0 saturated heterocycles. The van der Waals surface area contributed by atoms with Crippen LogP contribution in [0.2, 0.25) is 0 Å². The molecule has 1 aliphatic carbocycles. The van der Waals surface area contributed by atoms with Crippen LogP contribution < -0.4 is 0 Å². The van der Waals surface area contributed by atoms with Crippen molar-refractivity contribution >= 4 is 15.9 Å². The second kappa shape index (κ2) is 4.46. The molecule has 0 aromatic heterocycles. The van der Waals surface area contributed by atoms with E-state index >= 15 is 0 Å². The van der Waals surface area contributed by atoms with Crippen LogP contribution in [0.25, 0.3) is 0 Å². The lowest BCUT2D eigenvalue weighted by atomic mass is 10.0. The van der Waals surface area contributed by atoms with Crippen molar-refractivity contribution in [2.75, 3.05) is 0 Å². The van der Waals surface area contributed by atoms with Gasteiger partial charge in [-0.05, 0) is 30.1 Å². The van der Waals surface area contributed by atoms with Crippen LogP contribution in [0.4, 0.5) is 0 Å². The number of allylic oxidation sites excluding steroid dienone is 7. The van der Waals surface area contributed by atoms with Gasteiger partial charge in [-0.3, -0.25) is 0 Å². The van der Waals surface area contributed by atoms with Crippen LogP contribution in [0, 0.1) is 0 Å². The molecule has 0 fully saturated rings. The van der Waals surface area contributed by atoms with E-state index in [1.54, 1.807) is 0 Å². The zero-order chi connectivity index (χ0) is 8.97. The van der Waals surface area contributed by atoms with Crippen molar-refractivity contribution in [3.05, 3.63) is 46.5 Å². The fourth-order valence-corrected chi connectivity index (χ4v) is 1.72. The molecule has 0 bridgehead atoms. The molecular weight excluding hydrogens is 212 g/mol. The maximum absolute atomic E-state index is 3.80. The lowest BCUT2D eigenvalue weighted by Crippen LogP contribution is -1.83. The van der Waals surface area contributed by atoms with Crippen LogP contribution in [-0.4, -0.2) is 0 Å². The van der Waals surface area contributed by atoms with E-state index in [0.717, 1.165) is 12.8 Å². The van der Waals surface area contributed by atoms with Gasteiger partial charge in [0.05, 0.1) is 0 Å². The van der Waals surface area contributed by atoms with E-state index < -0.39 is 0 Å². The summed E-state index contributed by atoms with van der Waals surface area (Å²) in [7, 11) is 0. The standard InChI is InChI=1S/C11H13Br/c1-3-9-6-5-7-11(12)8-10(9)4-2/h3,6-8H,1,4-5H2,2H3. The predicted molar refractivity (Wildman–Crippen MR) is 58.3 cm³/mol. The molecule has 12 heavy (non-hydrogen) atoms. The topological polar surface area (TPSA) is 0 Å². The minimum absolute atomic E-state index is 0.988. The Morgan fingerprint density at radius 2 is 2.33 bits per heavy atom. The second-order valence-electron chi connectivity index (χ2n) is 2.71. The second-order valence-corrected chi connectivity index (χ2v) is 3.63. The van der Waals surface area contributed by atoms with E-state index in [2.05, 4.69) is 47.7 Å². The van der Waals surface area contributed by atoms with Gasteiger partial charge in [-0.1, -0.05) is 47.7 Å². The van der Waals surface area contributed by atoms with Gasteiger partial charge in [0.1, 0.15) is 0 Å². The van der Waals surface area contributed by atoms with Crippen molar-refractivity contribution < 1.29 is 0 Å². The molecule has 0 aromatic carbocycles. The van der Waals surface area contributed by atoms with E-state index in [0.29, 0.717) is 0 Å². The highest BCUT2D eigenvalue weighted by Crippen LogP contribution is 2.23. The summed E-state index contributed by atoms with van der Waals surface area (Å²) in [5.74, 6) is 0. The van der Waals surface area contributed by atoms with Crippen molar-refractivity contribution in [3.63, 3.8) is 0 Å². The molecule has 0 heterocycles. The van der Waals surface area contributed by atoms with Crippen LogP contribution >= 0.6 is 15.9 Å². The van der Waals surface area contributed by atoms with Crippen LogP contribution in [0.1, 0.15) is 19.8 Å². The van der Waals surface area contributed by atoms with Gasteiger partial charge in [0.15, 0.2) is 0 Å². The molecule has 1 rings (SSSR count). The third-order valence-electron chi connectivity index (χ3n) is 1.93. The third kappa shape index (κ3) is 2.21. The molecule has 0 unspecified atom stereocenters. The predicted octanol–water partition coefficient (Wildman–Crippen LogP) is 4.12. The first-order chi connectivity index (χ1) is 5.77. The minimum Gasteiger partial charge on any atom is -0.0985 e. The Balaban J connectivity index is 2.99. The van der Waals surface area contributed by atoms with Gasteiger partial charge in [-0.2, -0.15) is 0 Å². The van der Waals surface area contributed by atoms with Crippen LogP contribution in [0.15, 0.2) is 46.5 Å². The molecule has 0 atom stereocenters. The SMILES string of the molecule is C=CC1=CCC=C(Br)C=C1CC. The Morgan fingerprint density at radius 1 is 1.58 bits per heavy atom. The summed E-state index contributed by atoms with van der Waals surface area (Å²) in [6.45, 7) is 5.96. The fraction of sp³-hybridized carbons (Fsp3) is 0.273. The number of hydrogen-bond acceptors (Lipinski definition) is 0. The summed E-state index contributed by atoms with van der Waals surface area (Å²) < 4.78 is 1.17. The van der Waals surface area contributed by atoms with Gasteiger partial charge < -0.3 is 0 Å². The maximum Gasteiger partial charge on any atom is 0.0141 e. The third-order valence-corrected chi connectivity index (χ3v) is 2.49. The molecule has 0 spiro atoms. The fourth-order valence-electron chi connectivity index (χ4n) is 1.26. The minimum atomic E-state index is 0.988. The van der Waals surface area contributed by atoms with Crippen molar-refractivity contribution in [3.8, 4) is 0 Å². The van der Waals surface area contributed by atoms with E-state index in [1.807, 2.05) is 6.08 Å². The lowest BCUT2D eigenvalue weighted by Gasteiger charge is -2.02. The Bertz CT molecular complexity index is 267. The molecular formula is C11H13Br. The normalized spacial score (nSPS) is 17.3. The highest BCUT2D eigenvalue weighted by molar-refractivity contribution is 9.11. The number of hydrogen-bond donors (Lipinski definition) is 0. The van der Waals surface area contributed by atoms with E-state index in [9.17, 15) is 0 Å². The first-order valence-corrected chi connectivity index (χ1v) is 4.96. The van der Waals surface area contributed by atoms with Gasteiger partial charge in [0.2, 0.25) is 0 Å². The van der Waals surface area contributed by atoms with Crippen LogP contribution in [0.3, 0.4) is 0 Å². The van der Waals surface area contributed by atoms with Gasteiger partial charge >= 0.3 is 0 Å². The Labute approximate surface area is 82.5 Å². The van der Waals surface area contributed by atoms with Gasteiger partial charge in [-0.15, -0.1) is 0 Å². The average molecular weight is 225 g/mol. The highest BCUT2D eigenvalue weighted by atomic mass is 79.9. The van der Waals surface area contributed by atoms with Crippen LogP contribution in [-0.2, 0) is 0 Å². The van der Waals surface area contributed by atoms with Gasteiger partial charge in [0.25, 0.3) is 0 Å². The van der Waals surface area contributed by atoms with Crippen molar-refractivity contribution in [1.82, 2.24) is 0 Å². The van der Waals surface area contributed by atoms with E-state index in [-0.39, 0.29) is 0 Å². The average Bonchev–Trinajstić information content (AvgIpc) is 2.26. The van der Waals surface area contributed by atoms with Crippen molar-refractivity contribution in [2.45, 2.75) is 19.8 Å². The zero-order valence-electron chi connectivity index (χ0n) is 7.31. The maximum atomic E-state index is 3.80. The van der Waals surface area contributed by atoms with Gasteiger partial charge in [-0.25, -0.2) is 0 Å². The Kier molecular flexibility index (Phi) is 3.54. The Hall–Kier alpha value is -0.560. The molecule has 1 aliphatic rings. The molecule has 64 valence electrons. The summed E-state index contributed by atoms with van der Waals surface area (Å²) in [5, 5.41) is 0. The summed E-state index contributed by atoms with van der Waals surface area (Å²) in [4.78, 5) is 0. The molecule has 0 radical (unpaired) electrons. The van der Waals surface area contributed by atoms with E-state index in [4.69, 9.17) is 0 Å². The first-order valence-electron chi connectivity index (χ1n) is 4.17. The Morgan fingerprint density at radius 3 is 2.92 bits per heavy atom. The lowest BCUT2D eigenvalue weighted by molar-refractivity contribution is 1.12. The smallest absolute Gasteiger partial charge is 0.0141 e. The molecule has 0 nitrogen and oxygen atoms in total. The largest absolute Gasteiger partial charge is 0.0985 e. The number of rotatable bonds is 2. The van der Waals surface area contributed by atoms with Gasteiger partial charge in [0, 0.05) is 4.48 Å². The zero-order valence-corrected chi connectivity index (χ0v) is 8.89. The summed E-state index contributed by atoms with van der Waals surface area (Å²) in [6.07, 6.45) is 10.5. The molecule has 0 amide bonds. The molecule has 0 saturated carbocycles. The molecule has 0 aromatic rings. The molecule has 0 aliphatic heterocycles. The number of halogens is 1. The highest BCUT2D eigenvalue weighted by Gasteiger charge is 2.02. The first kappa shape index (κ1) is 9.53. The van der Waals surface area contributed by atoms with Crippen molar-refractivity contribution in [1.29, 1.82) is 0 Å². The quantitative estimate of drug-likeness (QED) is 0.663. The van der Waals surface area contributed by atoms with Crippen LogP contribution in [0.5, 0.6) is 0 Å². The summed E-state index contributed by atoms with van der Waals surface area (Å²) in [5.41, 5.74) is 2.62.